The second-order valence-electron chi connectivity index (χ2n) is 5.00. The summed E-state index contributed by atoms with van der Waals surface area (Å²) in [4.78, 5) is 0. The minimum atomic E-state index is 0.692. The van der Waals surface area contributed by atoms with E-state index < -0.39 is 0 Å². The van der Waals surface area contributed by atoms with Crippen molar-refractivity contribution < 1.29 is 0 Å². The van der Waals surface area contributed by atoms with Crippen molar-refractivity contribution in [3.8, 4) is 24.7 Å². The molecule has 0 aromatic heterocycles. The maximum absolute atomic E-state index is 5.30. The van der Waals surface area contributed by atoms with Gasteiger partial charge in [-0.05, 0) is 22.3 Å². The van der Waals surface area contributed by atoms with Crippen molar-refractivity contribution in [2.24, 2.45) is 0 Å². The first-order valence-corrected chi connectivity index (χ1v) is 7.05. The number of benzene rings is 2. The standard InChI is InChI=1S/C20H19N/c1-3-5-17-7-11-19(12-8-17)15-21-16-20-13-9-18(6-4-2)10-14-20/h1-2,7-14,21H,5-6,15-16H2. The van der Waals surface area contributed by atoms with E-state index in [1.807, 2.05) is 0 Å². The number of hydrogen-bond donors (Lipinski definition) is 1. The third kappa shape index (κ3) is 4.84. The highest BCUT2D eigenvalue weighted by atomic mass is 14.8. The van der Waals surface area contributed by atoms with E-state index in [2.05, 4.69) is 65.7 Å². The minimum Gasteiger partial charge on any atom is -0.309 e. The second-order valence-corrected chi connectivity index (χ2v) is 5.00. The van der Waals surface area contributed by atoms with Gasteiger partial charge in [0.25, 0.3) is 0 Å². The maximum atomic E-state index is 5.30. The van der Waals surface area contributed by atoms with Gasteiger partial charge in [0.05, 0.1) is 0 Å². The van der Waals surface area contributed by atoms with Crippen LogP contribution < -0.4 is 5.32 Å². The van der Waals surface area contributed by atoms with Crippen molar-refractivity contribution in [3.63, 3.8) is 0 Å². The number of terminal acetylenes is 2. The summed E-state index contributed by atoms with van der Waals surface area (Å²) in [6.45, 7) is 1.70. The van der Waals surface area contributed by atoms with Crippen LogP contribution in [0.2, 0.25) is 0 Å². The highest BCUT2D eigenvalue weighted by Crippen LogP contribution is 2.07. The first-order chi connectivity index (χ1) is 10.3. The van der Waals surface area contributed by atoms with Crippen LogP contribution in [0, 0.1) is 24.7 Å². The zero-order chi connectivity index (χ0) is 14.9. The molecule has 0 aliphatic rings. The molecule has 0 radical (unpaired) electrons. The molecule has 1 N–H and O–H groups in total. The normalized spacial score (nSPS) is 9.81. The van der Waals surface area contributed by atoms with Gasteiger partial charge in [0.2, 0.25) is 0 Å². The molecule has 0 amide bonds. The highest BCUT2D eigenvalue weighted by molar-refractivity contribution is 5.26. The lowest BCUT2D eigenvalue weighted by Gasteiger charge is -2.06. The van der Waals surface area contributed by atoms with E-state index in [1.165, 1.54) is 22.3 Å². The Bertz CT molecular complexity index is 577. The Morgan fingerprint density at radius 2 is 0.952 bits per heavy atom. The Kier molecular flexibility index (Phi) is 5.65. The third-order valence-electron chi connectivity index (χ3n) is 3.32. The van der Waals surface area contributed by atoms with Gasteiger partial charge in [-0.15, -0.1) is 24.7 Å². The number of hydrogen-bond acceptors (Lipinski definition) is 1. The van der Waals surface area contributed by atoms with Crippen molar-refractivity contribution in [1.29, 1.82) is 0 Å². The summed E-state index contributed by atoms with van der Waals surface area (Å²) in [5.74, 6) is 5.31. The summed E-state index contributed by atoms with van der Waals surface area (Å²) in [7, 11) is 0. The average Bonchev–Trinajstić information content (AvgIpc) is 2.51. The molecular weight excluding hydrogens is 254 g/mol. The predicted octanol–water partition coefficient (Wildman–Crippen LogP) is 3.33. The first-order valence-electron chi connectivity index (χ1n) is 7.05. The fourth-order valence-electron chi connectivity index (χ4n) is 2.14. The van der Waals surface area contributed by atoms with Gasteiger partial charge in [-0.3, -0.25) is 0 Å². The quantitative estimate of drug-likeness (QED) is 0.796. The molecule has 0 saturated heterocycles. The molecule has 21 heavy (non-hydrogen) atoms. The van der Waals surface area contributed by atoms with Crippen LogP contribution in [0.15, 0.2) is 48.5 Å². The zero-order valence-corrected chi connectivity index (χ0v) is 12.1. The largest absolute Gasteiger partial charge is 0.309 e. The van der Waals surface area contributed by atoms with Crippen molar-refractivity contribution in [2.75, 3.05) is 0 Å². The molecule has 2 aromatic rings. The summed E-state index contributed by atoms with van der Waals surface area (Å²) >= 11 is 0. The van der Waals surface area contributed by atoms with E-state index in [1.54, 1.807) is 0 Å². The van der Waals surface area contributed by atoms with Crippen molar-refractivity contribution >= 4 is 0 Å². The fourth-order valence-corrected chi connectivity index (χ4v) is 2.14. The third-order valence-corrected chi connectivity index (χ3v) is 3.32. The summed E-state index contributed by atoms with van der Waals surface area (Å²) in [6.07, 6.45) is 12.0. The van der Waals surface area contributed by atoms with Crippen molar-refractivity contribution in [1.82, 2.24) is 5.32 Å². The van der Waals surface area contributed by atoms with Gasteiger partial charge in [-0.2, -0.15) is 0 Å². The molecule has 0 heterocycles. The van der Waals surface area contributed by atoms with E-state index in [9.17, 15) is 0 Å². The molecule has 2 rings (SSSR count). The van der Waals surface area contributed by atoms with E-state index in [0.717, 1.165) is 13.1 Å². The second kappa shape index (κ2) is 7.95. The van der Waals surface area contributed by atoms with Crippen molar-refractivity contribution in [3.05, 3.63) is 70.8 Å². The Morgan fingerprint density at radius 1 is 0.619 bits per heavy atom. The van der Waals surface area contributed by atoms with Crippen molar-refractivity contribution in [2.45, 2.75) is 25.9 Å². The lowest BCUT2D eigenvalue weighted by Crippen LogP contribution is -2.12. The van der Waals surface area contributed by atoms with E-state index in [0.29, 0.717) is 12.8 Å². The van der Waals surface area contributed by atoms with Crippen LogP contribution >= 0.6 is 0 Å². The average molecular weight is 273 g/mol. The van der Waals surface area contributed by atoms with Gasteiger partial charge in [-0.1, -0.05) is 48.5 Å². The maximum Gasteiger partial charge on any atom is 0.0337 e. The van der Waals surface area contributed by atoms with Crippen LogP contribution in [-0.2, 0) is 25.9 Å². The molecule has 2 aromatic carbocycles. The fraction of sp³-hybridized carbons (Fsp3) is 0.200. The van der Waals surface area contributed by atoms with Gasteiger partial charge in [0, 0.05) is 25.9 Å². The Labute approximate surface area is 127 Å². The van der Waals surface area contributed by atoms with Crippen LogP contribution in [0.25, 0.3) is 0 Å². The van der Waals surface area contributed by atoms with Crippen LogP contribution in [-0.4, -0.2) is 0 Å². The summed E-state index contributed by atoms with van der Waals surface area (Å²) in [5.41, 5.74) is 4.90. The molecule has 0 atom stereocenters. The van der Waals surface area contributed by atoms with Crippen LogP contribution in [0.3, 0.4) is 0 Å². The van der Waals surface area contributed by atoms with E-state index >= 15 is 0 Å². The molecule has 0 fully saturated rings. The molecular formula is C20H19N. The van der Waals surface area contributed by atoms with Gasteiger partial charge in [0.1, 0.15) is 0 Å². The molecule has 0 aliphatic carbocycles. The molecule has 1 nitrogen and oxygen atoms in total. The van der Waals surface area contributed by atoms with E-state index in [-0.39, 0.29) is 0 Å². The monoisotopic (exact) mass is 273 g/mol. The molecule has 0 bridgehead atoms. The molecule has 0 spiro atoms. The van der Waals surface area contributed by atoms with Gasteiger partial charge >= 0.3 is 0 Å². The van der Waals surface area contributed by atoms with Crippen LogP contribution in [0.5, 0.6) is 0 Å². The predicted molar refractivity (Wildman–Crippen MR) is 88.5 cm³/mol. The Hall–Kier alpha value is -2.48. The van der Waals surface area contributed by atoms with Gasteiger partial charge < -0.3 is 5.32 Å². The Balaban J connectivity index is 1.81. The molecule has 0 aliphatic heterocycles. The lowest BCUT2D eigenvalue weighted by atomic mass is 10.1. The Morgan fingerprint density at radius 3 is 1.29 bits per heavy atom. The number of nitrogens with one attached hydrogen (secondary N) is 1. The van der Waals surface area contributed by atoms with Crippen LogP contribution in [0.4, 0.5) is 0 Å². The summed E-state index contributed by atoms with van der Waals surface area (Å²) < 4.78 is 0. The molecule has 1 heteroatoms. The van der Waals surface area contributed by atoms with Crippen LogP contribution in [0.1, 0.15) is 22.3 Å². The smallest absolute Gasteiger partial charge is 0.0337 e. The zero-order valence-electron chi connectivity index (χ0n) is 12.1. The summed E-state index contributed by atoms with van der Waals surface area (Å²) in [5, 5.41) is 3.44. The first kappa shape index (κ1) is 14.9. The highest BCUT2D eigenvalue weighted by Gasteiger charge is 1.96. The minimum absolute atomic E-state index is 0.692. The van der Waals surface area contributed by atoms with Gasteiger partial charge in [-0.25, -0.2) is 0 Å². The SMILES string of the molecule is C#CCc1ccc(CNCc2ccc(CC#C)cc2)cc1. The van der Waals surface area contributed by atoms with E-state index in [4.69, 9.17) is 12.8 Å². The topological polar surface area (TPSA) is 12.0 Å². The number of rotatable bonds is 6. The van der Waals surface area contributed by atoms with Gasteiger partial charge in [0.15, 0.2) is 0 Å². The molecule has 104 valence electrons. The molecule has 0 saturated carbocycles. The summed E-state index contributed by atoms with van der Waals surface area (Å²) in [6, 6.07) is 16.8. The lowest BCUT2D eigenvalue weighted by molar-refractivity contribution is 0.693. The molecule has 0 unspecified atom stereocenters.